The first kappa shape index (κ1) is 15.2. The highest BCUT2D eigenvalue weighted by atomic mass is 35.5. The van der Waals surface area contributed by atoms with Crippen molar-refractivity contribution in [3.63, 3.8) is 0 Å². The van der Waals surface area contributed by atoms with Crippen LogP contribution in [0.2, 0.25) is 5.02 Å². The van der Waals surface area contributed by atoms with Gasteiger partial charge in [-0.15, -0.1) is 0 Å². The molecule has 2 aliphatic heterocycles. The molecule has 0 aliphatic carbocycles. The second kappa shape index (κ2) is 6.27. The molecule has 0 amide bonds. The number of halogens is 1. The molecule has 1 fully saturated rings. The van der Waals surface area contributed by atoms with E-state index in [1.54, 1.807) is 0 Å². The maximum absolute atomic E-state index is 6.51. The number of benzene rings is 2. The van der Waals surface area contributed by atoms with E-state index in [0.717, 1.165) is 36.6 Å². The predicted molar refractivity (Wildman–Crippen MR) is 93.8 cm³/mol. The van der Waals surface area contributed by atoms with Crippen LogP contribution in [-0.2, 0) is 17.9 Å². The Hall–Kier alpha value is -1.35. The largest absolute Gasteiger partial charge is 0.373 e. The Labute approximate surface area is 143 Å². The molecule has 0 unspecified atom stereocenters. The molecule has 0 aromatic heterocycles. The Bertz CT molecular complexity index is 700. The molecule has 2 aromatic carbocycles. The molecular weight excluding hydrogens is 306 g/mol. The van der Waals surface area contributed by atoms with Gasteiger partial charge < -0.3 is 4.74 Å². The van der Waals surface area contributed by atoms with Gasteiger partial charge >= 0.3 is 0 Å². The van der Waals surface area contributed by atoms with E-state index in [1.807, 2.05) is 0 Å². The van der Waals surface area contributed by atoms with Crippen molar-refractivity contribution in [1.29, 1.82) is 0 Å². The predicted octanol–water partition coefficient (Wildman–Crippen LogP) is 4.54. The highest BCUT2D eigenvalue weighted by molar-refractivity contribution is 6.32. The molecule has 2 aromatic rings. The fraction of sp³-hybridized carbons (Fsp3) is 0.400. The summed E-state index contributed by atoms with van der Waals surface area (Å²) >= 11 is 6.51. The second-order valence-corrected chi connectivity index (χ2v) is 7.11. The SMILES string of the molecule is Cc1ccc2c(c1Cl)CO[C@@H]1CCN(Cc3ccccc3)C[C@@H]21. The molecule has 2 nitrogen and oxygen atoms in total. The Balaban J connectivity index is 1.57. The van der Waals surface area contributed by atoms with Crippen LogP contribution in [0.3, 0.4) is 0 Å². The number of nitrogens with zero attached hydrogens (tertiary/aromatic N) is 1. The molecule has 0 N–H and O–H groups in total. The quantitative estimate of drug-likeness (QED) is 0.803. The van der Waals surface area contributed by atoms with Gasteiger partial charge in [0, 0.05) is 36.1 Å². The Morgan fingerprint density at radius 2 is 2.00 bits per heavy atom. The van der Waals surface area contributed by atoms with Crippen molar-refractivity contribution < 1.29 is 4.74 Å². The molecule has 2 atom stereocenters. The van der Waals surface area contributed by atoms with E-state index in [9.17, 15) is 0 Å². The van der Waals surface area contributed by atoms with E-state index in [-0.39, 0.29) is 0 Å². The summed E-state index contributed by atoms with van der Waals surface area (Å²) in [4.78, 5) is 2.54. The van der Waals surface area contributed by atoms with E-state index >= 15 is 0 Å². The fourth-order valence-corrected chi connectivity index (χ4v) is 4.15. The van der Waals surface area contributed by atoms with Crippen LogP contribution in [0, 0.1) is 6.92 Å². The van der Waals surface area contributed by atoms with Crippen LogP contribution in [0.4, 0.5) is 0 Å². The summed E-state index contributed by atoms with van der Waals surface area (Å²) in [6.45, 7) is 5.89. The topological polar surface area (TPSA) is 12.5 Å². The lowest BCUT2D eigenvalue weighted by molar-refractivity contribution is -0.0325. The zero-order valence-electron chi connectivity index (χ0n) is 13.5. The highest BCUT2D eigenvalue weighted by Gasteiger charge is 2.36. The van der Waals surface area contributed by atoms with Gasteiger partial charge in [0.15, 0.2) is 0 Å². The zero-order valence-corrected chi connectivity index (χ0v) is 14.2. The number of fused-ring (bicyclic) bond motifs is 3. The van der Waals surface area contributed by atoms with E-state index in [0.29, 0.717) is 18.6 Å². The van der Waals surface area contributed by atoms with Gasteiger partial charge in [-0.05, 0) is 30.0 Å². The average molecular weight is 328 g/mol. The lowest BCUT2D eigenvalue weighted by Crippen LogP contribution is -2.44. The number of ether oxygens (including phenoxy) is 1. The summed E-state index contributed by atoms with van der Waals surface area (Å²) in [7, 11) is 0. The molecule has 2 aliphatic rings. The Morgan fingerprint density at radius 1 is 1.17 bits per heavy atom. The number of likely N-dealkylation sites (tertiary alicyclic amines) is 1. The summed E-state index contributed by atoms with van der Waals surface area (Å²) in [5, 5.41) is 0.890. The molecule has 0 spiro atoms. The van der Waals surface area contributed by atoms with Gasteiger partial charge in [0.05, 0.1) is 12.7 Å². The Kier molecular flexibility index (Phi) is 4.14. The normalized spacial score (nSPS) is 24.1. The van der Waals surface area contributed by atoms with Crippen LogP contribution in [0.15, 0.2) is 42.5 Å². The van der Waals surface area contributed by atoms with Crippen LogP contribution in [-0.4, -0.2) is 24.1 Å². The molecule has 3 heteroatoms. The summed E-state index contributed by atoms with van der Waals surface area (Å²) < 4.78 is 6.13. The van der Waals surface area contributed by atoms with Crippen molar-refractivity contribution in [3.05, 3.63) is 69.7 Å². The van der Waals surface area contributed by atoms with Crippen molar-refractivity contribution in [2.45, 2.75) is 38.5 Å². The number of aryl methyl sites for hydroxylation is 1. The van der Waals surface area contributed by atoms with Crippen LogP contribution in [0.25, 0.3) is 0 Å². The molecule has 2 heterocycles. The van der Waals surface area contributed by atoms with E-state index in [1.165, 1.54) is 16.7 Å². The smallest absolute Gasteiger partial charge is 0.0738 e. The number of piperidine rings is 1. The summed E-state index contributed by atoms with van der Waals surface area (Å²) in [6.07, 6.45) is 1.44. The fourth-order valence-electron chi connectivity index (χ4n) is 3.92. The molecule has 120 valence electrons. The summed E-state index contributed by atoms with van der Waals surface area (Å²) in [5.41, 5.74) is 5.12. The monoisotopic (exact) mass is 327 g/mol. The van der Waals surface area contributed by atoms with Gasteiger partial charge in [-0.2, -0.15) is 0 Å². The molecule has 1 saturated heterocycles. The molecule has 23 heavy (non-hydrogen) atoms. The first-order valence-electron chi connectivity index (χ1n) is 8.38. The van der Waals surface area contributed by atoms with Gasteiger partial charge in [-0.1, -0.05) is 54.1 Å². The summed E-state index contributed by atoms with van der Waals surface area (Å²) in [6, 6.07) is 15.1. The van der Waals surface area contributed by atoms with Crippen molar-refractivity contribution >= 4 is 11.6 Å². The van der Waals surface area contributed by atoms with E-state index in [2.05, 4.69) is 54.3 Å². The number of rotatable bonds is 2. The average Bonchev–Trinajstić information content (AvgIpc) is 2.59. The van der Waals surface area contributed by atoms with Crippen LogP contribution in [0.1, 0.15) is 34.6 Å². The van der Waals surface area contributed by atoms with Crippen LogP contribution < -0.4 is 0 Å². The van der Waals surface area contributed by atoms with Crippen LogP contribution in [0.5, 0.6) is 0 Å². The number of hydrogen-bond donors (Lipinski definition) is 0. The van der Waals surface area contributed by atoms with Gasteiger partial charge in [0.1, 0.15) is 0 Å². The standard InChI is InChI=1S/C20H22ClNO/c1-14-7-8-16-17-12-22(11-15-5-3-2-4-6-15)10-9-19(17)23-13-18(16)20(14)21/h2-8,17,19H,9-13H2,1H3/t17-,19+/m0/s1. The first-order chi connectivity index (χ1) is 11.2. The molecule has 0 bridgehead atoms. The molecule has 0 radical (unpaired) electrons. The highest BCUT2D eigenvalue weighted by Crippen LogP contribution is 2.40. The third-order valence-electron chi connectivity index (χ3n) is 5.20. The lowest BCUT2D eigenvalue weighted by Gasteiger charge is -2.42. The Morgan fingerprint density at radius 3 is 2.83 bits per heavy atom. The lowest BCUT2D eigenvalue weighted by atomic mass is 9.82. The number of hydrogen-bond acceptors (Lipinski definition) is 2. The van der Waals surface area contributed by atoms with Gasteiger partial charge in [0.25, 0.3) is 0 Å². The van der Waals surface area contributed by atoms with Gasteiger partial charge in [-0.3, -0.25) is 4.90 Å². The first-order valence-corrected chi connectivity index (χ1v) is 8.76. The third kappa shape index (κ3) is 2.91. The molecule has 0 saturated carbocycles. The molecular formula is C20H22ClNO. The van der Waals surface area contributed by atoms with Gasteiger partial charge in [-0.25, -0.2) is 0 Å². The van der Waals surface area contributed by atoms with Crippen molar-refractivity contribution in [3.8, 4) is 0 Å². The van der Waals surface area contributed by atoms with E-state index < -0.39 is 0 Å². The van der Waals surface area contributed by atoms with Gasteiger partial charge in [0.2, 0.25) is 0 Å². The maximum atomic E-state index is 6.51. The third-order valence-corrected chi connectivity index (χ3v) is 5.72. The maximum Gasteiger partial charge on any atom is 0.0738 e. The van der Waals surface area contributed by atoms with Crippen LogP contribution >= 0.6 is 11.6 Å². The second-order valence-electron chi connectivity index (χ2n) is 6.73. The molecule has 4 rings (SSSR count). The minimum Gasteiger partial charge on any atom is -0.373 e. The minimum atomic E-state index is 0.341. The van der Waals surface area contributed by atoms with E-state index in [4.69, 9.17) is 16.3 Å². The summed E-state index contributed by atoms with van der Waals surface area (Å²) in [5.74, 6) is 0.439. The minimum absolute atomic E-state index is 0.341. The zero-order chi connectivity index (χ0) is 15.8. The van der Waals surface area contributed by atoms with Crippen molar-refractivity contribution in [2.24, 2.45) is 0 Å². The van der Waals surface area contributed by atoms with Crippen molar-refractivity contribution in [2.75, 3.05) is 13.1 Å². The van der Waals surface area contributed by atoms with Crippen molar-refractivity contribution in [1.82, 2.24) is 4.90 Å².